The topological polar surface area (TPSA) is 77.1 Å². The lowest BCUT2D eigenvalue weighted by Gasteiger charge is -2.15. The third-order valence-electron chi connectivity index (χ3n) is 4.35. The van der Waals surface area contributed by atoms with E-state index >= 15 is 0 Å². The van der Waals surface area contributed by atoms with Gasteiger partial charge in [-0.1, -0.05) is 48.2 Å². The summed E-state index contributed by atoms with van der Waals surface area (Å²) in [6.45, 7) is 0.377. The van der Waals surface area contributed by atoms with Crippen LogP contribution in [0.2, 0.25) is 0 Å². The van der Waals surface area contributed by atoms with Gasteiger partial charge in [0.05, 0.1) is 19.1 Å². The Bertz CT molecular complexity index is 1010. The number of amides is 2. The minimum Gasteiger partial charge on any atom is -0.497 e. The van der Waals surface area contributed by atoms with Crippen molar-refractivity contribution in [2.75, 3.05) is 33.9 Å². The molecule has 0 radical (unpaired) electrons. The Balaban J connectivity index is 1.50. The first-order valence-electron chi connectivity index (χ1n) is 9.43. The van der Waals surface area contributed by atoms with Crippen molar-refractivity contribution in [3.05, 3.63) is 59.0 Å². The number of para-hydroxylation sites is 2. The van der Waals surface area contributed by atoms with Gasteiger partial charge in [0.25, 0.3) is 11.8 Å². The largest absolute Gasteiger partial charge is 0.497 e. The summed E-state index contributed by atoms with van der Waals surface area (Å²) in [7, 11) is 3.13. The highest BCUT2D eigenvalue weighted by molar-refractivity contribution is 8.26. The van der Waals surface area contributed by atoms with Crippen molar-refractivity contribution in [2.45, 2.75) is 0 Å². The predicted octanol–water partition coefficient (Wildman–Crippen LogP) is 3.10. The lowest BCUT2D eigenvalue weighted by Crippen LogP contribution is -2.38. The molecule has 1 saturated heterocycles. The highest BCUT2D eigenvalue weighted by Crippen LogP contribution is 2.32. The number of rotatable bonds is 9. The molecule has 2 aromatic carbocycles. The Hall–Kier alpha value is -3.04. The van der Waals surface area contributed by atoms with Crippen LogP contribution in [0.15, 0.2) is 53.4 Å². The number of methoxy groups -OCH3 is 2. The van der Waals surface area contributed by atoms with Crippen LogP contribution in [-0.4, -0.2) is 55.0 Å². The van der Waals surface area contributed by atoms with Gasteiger partial charge in [0.15, 0.2) is 18.1 Å². The van der Waals surface area contributed by atoms with E-state index in [1.807, 2.05) is 30.3 Å². The minimum absolute atomic E-state index is 0.158. The van der Waals surface area contributed by atoms with Crippen LogP contribution in [0.1, 0.15) is 5.56 Å². The van der Waals surface area contributed by atoms with E-state index in [0.717, 1.165) is 5.56 Å². The van der Waals surface area contributed by atoms with Gasteiger partial charge in [-0.2, -0.15) is 0 Å². The van der Waals surface area contributed by atoms with Gasteiger partial charge in [0.2, 0.25) is 0 Å². The van der Waals surface area contributed by atoms with Crippen molar-refractivity contribution < 1.29 is 23.8 Å². The second-order valence-electron chi connectivity index (χ2n) is 6.40. The Morgan fingerprint density at radius 2 is 1.90 bits per heavy atom. The van der Waals surface area contributed by atoms with Gasteiger partial charge in [-0.05, 0) is 35.9 Å². The van der Waals surface area contributed by atoms with Gasteiger partial charge >= 0.3 is 0 Å². The van der Waals surface area contributed by atoms with E-state index in [1.54, 1.807) is 31.4 Å². The van der Waals surface area contributed by atoms with Crippen LogP contribution in [0, 0.1) is 0 Å². The fourth-order valence-electron chi connectivity index (χ4n) is 2.81. The quantitative estimate of drug-likeness (QED) is 0.457. The average molecular weight is 459 g/mol. The zero-order chi connectivity index (χ0) is 22.2. The third-order valence-corrected chi connectivity index (χ3v) is 5.73. The number of benzene rings is 2. The molecule has 1 aliphatic rings. The molecule has 0 unspecified atom stereocenters. The Labute approximate surface area is 190 Å². The van der Waals surface area contributed by atoms with Gasteiger partial charge in [-0.3, -0.25) is 14.5 Å². The van der Waals surface area contributed by atoms with Crippen LogP contribution < -0.4 is 19.5 Å². The van der Waals surface area contributed by atoms with Crippen molar-refractivity contribution in [3.8, 4) is 17.2 Å². The summed E-state index contributed by atoms with van der Waals surface area (Å²) in [4.78, 5) is 26.8. The monoisotopic (exact) mass is 458 g/mol. The van der Waals surface area contributed by atoms with Gasteiger partial charge in [0.1, 0.15) is 10.1 Å². The molecule has 2 amide bonds. The van der Waals surface area contributed by atoms with Gasteiger partial charge < -0.3 is 19.5 Å². The van der Waals surface area contributed by atoms with Crippen LogP contribution in [-0.2, 0) is 9.59 Å². The van der Waals surface area contributed by atoms with Gasteiger partial charge in [0, 0.05) is 13.1 Å². The molecule has 1 N–H and O–H groups in total. The van der Waals surface area contributed by atoms with Crippen molar-refractivity contribution in [1.29, 1.82) is 0 Å². The number of nitrogens with one attached hydrogen (secondary N) is 1. The molecule has 0 bridgehead atoms. The summed E-state index contributed by atoms with van der Waals surface area (Å²) >= 11 is 6.57. The molecule has 1 aliphatic heterocycles. The number of thiocarbonyl (C=S) groups is 1. The summed E-state index contributed by atoms with van der Waals surface area (Å²) in [5, 5.41) is 2.73. The summed E-state index contributed by atoms with van der Waals surface area (Å²) < 4.78 is 16.3. The molecule has 0 spiro atoms. The van der Waals surface area contributed by atoms with Crippen molar-refractivity contribution in [3.63, 3.8) is 0 Å². The van der Waals surface area contributed by atoms with Crippen LogP contribution in [0.5, 0.6) is 17.2 Å². The second kappa shape index (κ2) is 10.8. The van der Waals surface area contributed by atoms with Crippen LogP contribution in [0.4, 0.5) is 0 Å². The molecule has 0 aliphatic carbocycles. The Morgan fingerprint density at radius 1 is 1.13 bits per heavy atom. The van der Waals surface area contributed by atoms with E-state index in [2.05, 4.69) is 5.32 Å². The molecule has 0 aromatic heterocycles. The lowest BCUT2D eigenvalue weighted by atomic mass is 10.2. The molecule has 0 saturated carbocycles. The first-order valence-corrected chi connectivity index (χ1v) is 10.7. The molecule has 1 fully saturated rings. The molecule has 31 heavy (non-hydrogen) atoms. The molecule has 3 rings (SSSR count). The van der Waals surface area contributed by atoms with E-state index in [9.17, 15) is 9.59 Å². The van der Waals surface area contributed by atoms with E-state index < -0.39 is 0 Å². The fourth-order valence-corrected chi connectivity index (χ4v) is 4.12. The normalized spacial score (nSPS) is 14.6. The van der Waals surface area contributed by atoms with E-state index in [1.165, 1.54) is 23.8 Å². The first kappa shape index (κ1) is 22.6. The highest BCUT2D eigenvalue weighted by atomic mass is 32.2. The number of carbonyl (C=O) groups excluding carboxylic acids is 2. The summed E-state index contributed by atoms with van der Waals surface area (Å²) in [6.07, 6.45) is 1.78. The maximum atomic E-state index is 12.7. The zero-order valence-corrected chi connectivity index (χ0v) is 18.8. The van der Waals surface area contributed by atoms with E-state index in [-0.39, 0.29) is 31.5 Å². The van der Waals surface area contributed by atoms with Gasteiger partial charge in [-0.25, -0.2) is 0 Å². The molecule has 0 atom stereocenters. The van der Waals surface area contributed by atoms with Crippen molar-refractivity contribution in [1.82, 2.24) is 10.2 Å². The van der Waals surface area contributed by atoms with Crippen LogP contribution >= 0.6 is 24.0 Å². The maximum absolute atomic E-state index is 12.7. The third kappa shape index (κ3) is 5.99. The highest BCUT2D eigenvalue weighted by Gasteiger charge is 2.31. The number of hydrogen-bond acceptors (Lipinski definition) is 7. The smallest absolute Gasteiger partial charge is 0.266 e. The van der Waals surface area contributed by atoms with Crippen LogP contribution in [0.3, 0.4) is 0 Å². The summed E-state index contributed by atoms with van der Waals surface area (Å²) in [5.74, 6) is 1.26. The fraction of sp³-hybridized carbons (Fsp3) is 0.227. The van der Waals surface area contributed by atoms with Crippen molar-refractivity contribution >= 4 is 46.2 Å². The predicted molar refractivity (Wildman–Crippen MR) is 124 cm³/mol. The van der Waals surface area contributed by atoms with Crippen molar-refractivity contribution in [2.24, 2.45) is 0 Å². The Morgan fingerprint density at radius 3 is 2.65 bits per heavy atom. The molecule has 162 valence electrons. The Kier molecular flexibility index (Phi) is 7.91. The maximum Gasteiger partial charge on any atom is 0.266 e. The average Bonchev–Trinajstić information content (AvgIpc) is 3.05. The minimum atomic E-state index is -0.303. The van der Waals surface area contributed by atoms with Gasteiger partial charge in [-0.15, -0.1) is 0 Å². The summed E-state index contributed by atoms with van der Waals surface area (Å²) in [6, 6.07) is 14.5. The first-order chi connectivity index (χ1) is 15.0. The summed E-state index contributed by atoms with van der Waals surface area (Å²) in [5.41, 5.74) is 0.849. The number of ether oxygens (including phenoxy) is 3. The molecule has 7 nitrogen and oxygen atoms in total. The molecule has 1 heterocycles. The number of thioether (sulfide) groups is 1. The lowest BCUT2D eigenvalue weighted by molar-refractivity contribution is -0.124. The number of carbonyl (C=O) groups is 2. The molecule has 2 aromatic rings. The van der Waals surface area contributed by atoms with E-state index in [4.69, 9.17) is 26.4 Å². The number of hydrogen-bond donors (Lipinski definition) is 1. The molecule has 9 heteroatoms. The number of nitrogens with zero attached hydrogens (tertiary/aromatic N) is 1. The molecular weight excluding hydrogens is 436 g/mol. The standard InChI is InChI=1S/C22H22N2O5S2/c1-27-16-7-5-6-15(12-16)13-19-21(26)24(22(30)31-19)11-10-23-20(25)14-29-18-9-4-3-8-17(18)28-2/h3-9,12-13H,10-11,14H2,1-2H3,(H,23,25)/b19-13+. The molecular formula is C22H22N2O5S2. The zero-order valence-electron chi connectivity index (χ0n) is 17.1. The van der Waals surface area contributed by atoms with E-state index in [0.29, 0.717) is 26.5 Å². The SMILES string of the molecule is COc1cccc(/C=C2/SC(=S)N(CCNC(=O)COc3ccccc3OC)C2=O)c1. The van der Waals surface area contributed by atoms with Crippen LogP contribution in [0.25, 0.3) is 6.08 Å². The second-order valence-corrected chi connectivity index (χ2v) is 8.08.